The van der Waals surface area contributed by atoms with Gasteiger partial charge in [-0.25, -0.2) is 0 Å². The highest BCUT2D eigenvalue weighted by molar-refractivity contribution is 6.30. The first-order valence-corrected chi connectivity index (χ1v) is 11.2. The number of halogens is 1. The van der Waals surface area contributed by atoms with Gasteiger partial charge in [0.1, 0.15) is 16.9 Å². The lowest BCUT2D eigenvalue weighted by Gasteiger charge is -2.15. The van der Waals surface area contributed by atoms with E-state index in [4.69, 9.17) is 21.1 Å². The molecular formula is C25H33ClO3. The van der Waals surface area contributed by atoms with Gasteiger partial charge in [-0.1, -0.05) is 77.1 Å². The molecule has 158 valence electrons. The van der Waals surface area contributed by atoms with Gasteiger partial charge in [0.15, 0.2) is 0 Å². The van der Waals surface area contributed by atoms with E-state index < -0.39 is 11.3 Å². The van der Waals surface area contributed by atoms with Crippen molar-refractivity contribution in [2.24, 2.45) is 5.92 Å². The van der Waals surface area contributed by atoms with Gasteiger partial charge in [0, 0.05) is 0 Å². The average molecular weight is 417 g/mol. The molecule has 0 fully saturated rings. The Labute approximate surface area is 180 Å². The van der Waals surface area contributed by atoms with E-state index in [1.54, 1.807) is 12.1 Å². The van der Waals surface area contributed by atoms with Gasteiger partial charge in [0.25, 0.3) is 0 Å². The monoisotopic (exact) mass is 416 g/mol. The van der Waals surface area contributed by atoms with Gasteiger partial charge in [0.2, 0.25) is 0 Å². The third-order valence-electron chi connectivity index (χ3n) is 5.15. The first-order valence-electron chi connectivity index (χ1n) is 10.7. The molecule has 3 nitrogen and oxygen atoms in total. The Kier molecular flexibility index (Phi) is 10.1. The van der Waals surface area contributed by atoms with Crippen LogP contribution in [0.1, 0.15) is 59.3 Å². The molecule has 0 spiro atoms. The fourth-order valence-electron chi connectivity index (χ4n) is 2.97. The Morgan fingerprint density at radius 3 is 1.97 bits per heavy atom. The number of esters is 1. The second kappa shape index (κ2) is 12.5. The van der Waals surface area contributed by atoms with Crippen LogP contribution in [0.2, 0.25) is 0 Å². The van der Waals surface area contributed by atoms with E-state index in [2.05, 4.69) is 6.92 Å². The molecular weight excluding hydrogens is 384 g/mol. The van der Waals surface area contributed by atoms with Crippen molar-refractivity contribution < 1.29 is 14.3 Å². The zero-order valence-electron chi connectivity index (χ0n) is 17.8. The predicted octanol–water partition coefficient (Wildman–Crippen LogP) is 7.26. The second-order valence-electron chi connectivity index (χ2n) is 7.52. The molecule has 2 aromatic carbocycles. The third-order valence-corrected chi connectivity index (χ3v) is 5.75. The zero-order valence-corrected chi connectivity index (χ0v) is 18.6. The van der Waals surface area contributed by atoms with Crippen LogP contribution >= 0.6 is 11.6 Å². The van der Waals surface area contributed by atoms with Crippen LogP contribution in [0.4, 0.5) is 0 Å². The molecule has 29 heavy (non-hydrogen) atoms. The van der Waals surface area contributed by atoms with Crippen molar-refractivity contribution in [1.82, 2.24) is 0 Å². The number of benzene rings is 2. The molecule has 2 rings (SSSR count). The number of rotatable bonds is 12. The topological polar surface area (TPSA) is 35.5 Å². The molecule has 0 aliphatic heterocycles. The van der Waals surface area contributed by atoms with Crippen LogP contribution in [0.3, 0.4) is 0 Å². The first-order chi connectivity index (χ1) is 14.0. The molecule has 0 heterocycles. The molecule has 0 amide bonds. The quantitative estimate of drug-likeness (QED) is 0.158. The minimum absolute atomic E-state index is 0.0838. The molecule has 0 bridgehead atoms. The Balaban J connectivity index is 1.85. The summed E-state index contributed by atoms with van der Waals surface area (Å²) in [5.41, 5.74) is 2.15. The first kappa shape index (κ1) is 23.3. The lowest BCUT2D eigenvalue weighted by molar-refractivity contribution is -0.134. The van der Waals surface area contributed by atoms with Gasteiger partial charge in [-0.05, 0) is 47.7 Å². The van der Waals surface area contributed by atoms with Crippen molar-refractivity contribution >= 4 is 17.6 Å². The number of hydrogen-bond acceptors (Lipinski definition) is 3. The van der Waals surface area contributed by atoms with E-state index in [0.717, 1.165) is 36.3 Å². The van der Waals surface area contributed by atoms with E-state index in [0.29, 0.717) is 5.75 Å². The molecule has 2 unspecified atom stereocenters. The van der Waals surface area contributed by atoms with Crippen LogP contribution in [-0.4, -0.2) is 18.0 Å². The molecule has 0 aliphatic rings. The smallest absolute Gasteiger partial charge is 0.329 e. The molecule has 0 aliphatic carbocycles. The molecule has 4 heteroatoms. The van der Waals surface area contributed by atoms with Crippen molar-refractivity contribution in [3.8, 4) is 22.6 Å². The van der Waals surface area contributed by atoms with Crippen molar-refractivity contribution in [1.29, 1.82) is 0 Å². The maximum atomic E-state index is 12.1. The highest BCUT2D eigenvalue weighted by Gasteiger charge is 2.23. The minimum Gasteiger partial charge on any atom is -0.494 e. The number of carbonyl (C=O) groups is 1. The second-order valence-corrected chi connectivity index (χ2v) is 7.99. The Hall–Kier alpha value is -2.00. The largest absolute Gasteiger partial charge is 0.494 e. The van der Waals surface area contributed by atoms with Crippen LogP contribution in [-0.2, 0) is 4.79 Å². The number of hydrogen-bond donors (Lipinski definition) is 0. The maximum absolute atomic E-state index is 12.1. The number of unbranched alkanes of at least 4 members (excludes halogenated alkanes) is 4. The van der Waals surface area contributed by atoms with E-state index in [1.165, 1.54) is 25.7 Å². The lowest BCUT2D eigenvalue weighted by Crippen LogP contribution is -2.26. The minimum atomic E-state index is -0.626. The summed E-state index contributed by atoms with van der Waals surface area (Å²) in [7, 11) is 0. The third kappa shape index (κ3) is 7.74. The fourth-order valence-corrected chi connectivity index (χ4v) is 3.19. The van der Waals surface area contributed by atoms with Gasteiger partial charge in [-0.2, -0.15) is 0 Å². The number of ether oxygens (including phenoxy) is 2. The molecule has 0 radical (unpaired) electrons. The van der Waals surface area contributed by atoms with Gasteiger partial charge in [-0.15, -0.1) is 11.6 Å². The fraction of sp³-hybridized carbons (Fsp3) is 0.480. The summed E-state index contributed by atoms with van der Waals surface area (Å²) in [6.07, 6.45) is 7.01. The molecule has 2 aromatic rings. The van der Waals surface area contributed by atoms with Crippen LogP contribution in [0.15, 0.2) is 48.5 Å². The maximum Gasteiger partial charge on any atom is 0.329 e. The van der Waals surface area contributed by atoms with Crippen LogP contribution in [0.5, 0.6) is 11.5 Å². The highest BCUT2D eigenvalue weighted by Crippen LogP contribution is 2.25. The Bertz CT molecular complexity index is 725. The zero-order chi connectivity index (χ0) is 21.1. The Morgan fingerprint density at radius 1 is 0.862 bits per heavy atom. The van der Waals surface area contributed by atoms with E-state index in [9.17, 15) is 4.79 Å². The normalized spacial score (nSPS) is 13.0. The van der Waals surface area contributed by atoms with Crippen molar-refractivity contribution in [2.45, 2.75) is 64.7 Å². The van der Waals surface area contributed by atoms with Gasteiger partial charge >= 0.3 is 5.97 Å². The van der Waals surface area contributed by atoms with E-state index in [-0.39, 0.29) is 5.92 Å². The van der Waals surface area contributed by atoms with Crippen LogP contribution in [0.25, 0.3) is 11.1 Å². The number of alkyl halides is 1. The lowest BCUT2D eigenvalue weighted by atomic mass is 10.0. The summed E-state index contributed by atoms with van der Waals surface area (Å²) in [6.45, 7) is 6.94. The predicted molar refractivity (Wildman–Crippen MR) is 121 cm³/mol. The van der Waals surface area contributed by atoms with Crippen molar-refractivity contribution in [2.75, 3.05) is 6.61 Å². The van der Waals surface area contributed by atoms with Gasteiger partial charge in [-0.3, -0.25) is 4.79 Å². The summed E-state index contributed by atoms with van der Waals surface area (Å²) in [4.78, 5) is 12.1. The van der Waals surface area contributed by atoms with Crippen molar-refractivity contribution in [3.63, 3.8) is 0 Å². The van der Waals surface area contributed by atoms with E-state index in [1.807, 2.05) is 50.2 Å². The number of carbonyl (C=O) groups excluding carboxylic acids is 1. The summed E-state index contributed by atoms with van der Waals surface area (Å²) in [5, 5.41) is -0.626. The summed E-state index contributed by atoms with van der Waals surface area (Å²) >= 11 is 6.16. The van der Waals surface area contributed by atoms with E-state index >= 15 is 0 Å². The van der Waals surface area contributed by atoms with Gasteiger partial charge in [0.05, 0.1) is 6.61 Å². The van der Waals surface area contributed by atoms with Crippen molar-refractivity contribution in [3.05, 3.63) is 48.5 Å². The molecule has 0 saturated heterocycles. The van der Waals surface area contributed by atoms with Crippen LogP contribution < -0.4 is 9.47 Å². The molecule has 0 N–H and O–H groups in total. The highest BCUT2D eigenvalue weighted by atomic mass is 35.5. The standard InChI is InChI=1S/C25H33ClO3/c1-4-6-7-8-9-18-28-22-14-10-20(11-15-22)21-12-16-23(17-13-21)29-25(27)24(26)19(3)5-2/h10-17,19,24H,4-9,18H2,1-3H3. The summed E-state index contributed by atoms with van der Waals surface area (Å²) in [5.74, 6) is 1.09. The van der Waals surface area contributed by atoms with Gasteiger partial charge < -0.3 is 9.47 Å². The summed E-state index contributed by atoms with van der Waals surface area (Å²) in [6, 6.07) is 15.6. The molecule has 0 saturated carbocycles. The van der Waals surface area contributed by atoms with Crippen LogP contribution in [0, 0.1) is 5.92 Å². The summed E-state index contributed by atoms with van der Waals surface area (Å²) < 4.78 is 11.2. The Morgan fingerprint density at radius 2 is 1.41 bits per heavy atom. The molecule has 0 aromatic heterocycles. The average Bonchev–Trinajstić information content (AvgIpc) is 2.76. The molecule has 2 atom stereocenters. The SMILES string of the molecule is CCCCCCCOc1ccc(-c2ccc(OC(=O)C(Cl)C(C)CC)cc2)cc1.